The average molecular weight is 402 g/mol. The quantitative estimate of drug-likeness (QED) is 0.477. The molecular formula is C26H26O4. The van der Waals surface area contributed by atoms with Gasteiger partial charge in [-0.2, -0.15) is 0 Å². The van der Waals surface area contributed by atoms with Crippen LogP contribution < -0.4 is 9.47 Å². The first kappa shape index (κ1) is 21.3. The summed E-state index contributed by atoms with van der Waals surface area (Å²) in [5.41, 5.74) is 5.96. The van der Waals surface area contributed by atoms with Crippen molar-refractivity contribution in [3.05, 3.63) is 71.3 Å². The van der Waals surface area contributed by atoms with Crippen molar-refractivity contribution in [3.8, 4) is 33.8 Å². The van der Waals surface area contributed by atoms with Gasteiger partial charge < -0.3 is 9.47 Å². The monoisotopic (exact) mass is 402 g/mol. The first-order valence-electron chi connectivity index (χ1n) is 9.73. The van der Waals surface area contributed by atoms with E-state index in [4.69, 9.17) is 9.47 Å². The Hall–Kier alpha value is -3.40. The number of carbonyl (C=O) groups excluding carboxylic acids is 2. The summed E-state index contributed by atoms with van der Waals surface area (Å²) in [7, 11) is 3.20. The predicted molar refractivity (Wildman–Crippen MR) is 120 cm³/mol. The van der Waals surface area contributed by atoms with E-state index in [1.165, 1.54) is 0 Å². The van der Waals surface area contributed by atoms with Gasteiger partial charge in [-0.1, -0.05) is 45.0 Å². The number of carbonyl (C=O) groups is 2. The smallest absolute Gasteiger partial charge is 0.150 e. The Morgan fingerprint density at radius 1 is 0.667 bits per heavy atom. The maximum absolute atomic E-state index is 11.2. The Morgan fingerprint density at radius 2 is 1.10 bits per heavy atom. The molecule has 0 aromatic heterocycles. The zero-order valence-electron chi connectivity index (χ0n) is 18.0. The second-order valence-electron chi connectivity index (χ2n) is 8.20. The van der Waals surface area contributed by atoms with Crippen molar-refractivity contribution in [3.63, 3.8) is 0 Å². The molecule has 0 aliphatic heterocycles. The molecule has 4 nitrogen and oxygen atoms in total. The molecule has 0 heterocycles. The molecule has 0 amide bonds. The second kappa shape index (κ2) is 8.54. The molecule has 4 heteroatoms. The van der Waals surface area contributed by atoms with Gasteiger partial charge in [-0.3, -0.25) is 9.59 Å². The fraction of sp³-hybridized carbons (Fsp3) is 0.231. The number of benzene rings is 3. The highest BCUT2D eigenvalue weighted by atomic mass is 16.5. The van der Waals surface area contributed by atoms with Crippen LogP contribution in [-0.2, 0) is 5.41 Å². The first-order chi connectivity index (χ1) is 14.3. The number of aldehydes is 2. The number of rotatable bonds is 6. The topological polar surface area (TPSA) is 52.6 Å². The highest BCUT2D eigenvalue weighted by Gasteiger charge is 2.19. The molecule has 0 bridgehead atoms. The van der Waals surface area contributed by atoms with Crippen molar-refractivity contribution >= 4 is 12.6 Å². The lowest BCUT2D eigenvalue weighted by molar-refractivity contribution is 0.111. The van der Waals surface area contributed by atoms with Crippen LogP contribution in [0.2, 0.25) is 0 Å². The second-order valence-corrected chi connectivity index (χ2v) is 8.20. The molecule has 0 saturated carbocycles. The van der Waals surface area contributed by atoms with E-state index in [1.54, 1.807) is 38.5 Å². The number of hydrogen-bond acceptors (Lipinski definition) is 4. The van der Waals surface area contributed by atoms with Crippen LogP contribution in [0.1, 0.15) is 47.1 Å². The molecule has 0 aliphatic rings. The lowest BCUT2D eigenvalue weighted by Gasteiger charge is -2.23. The minimum atomic E-state index is -0.0866. The number of hydrogen-bond donors (Lipinski definition) is 0. The summed E-state index contributed by atoms with van der Waals surface area (Å²) in [4.78, 5) is 22.4. The van der Waals surface area contributed by atoms with Gasteiger partial charge in [0.05, 0.1) is 14.2 Å². The van der Waals surface area contributed by atoms with Crippen molar-refractivity contribution in [2.24, 2.45) is 0 Å². The van der Waals surface area contributed by atoms with Crippen LogP contribution in [0, 0.1) is 0 Å². The fourth-order valence-corrected chi connectivity index (χ4v) is 3.41. The van der Waals surface area contributed by atoms with E-state index in [0.29, 0.717) is 22.6 Å². The Balaban J connectivity index is 2.27. The minimum absolute atomic E-state index is 0.0866. The Kier molecular flexibility index (Phi) is 6.06. The SMILES string of the molecule is COc1cc(C=O)ccc1-c1cc(-c2ccc(C=O)cc2OC)cc(C(C)(C)C)c1. The fourth-order valence-electron chi connectivity index (χ4n) is 3.41. The summed E-state index contributed by atoms with van der Waals surface area (Å²) >= 11 is 0. The molecule has 30 heavy (non-hydrogen) atoms. The Morgan fingerprint density at radius 3 is 1.43 bits per heavy atom. The molecule has 3 aromatic rings. The van der Waals surface area contributed by atoms with E-state index in [9.17, 15) is 9.59 Å². The Bertz CT molecular complexity index is 1010. The number of ether oxygens (including phenoxy) is 2. The summed E-state index contributed by atoms with van der Waals surface area (Å²) in [6.07, 6.45) is 1.62. The molecule has 0 unspecified atom stereocenters. The molecule has 3 aromatic carbocycles. The number of methoxy groups -OCH3 is 2. The lowest BCUT2D eigenvalue weighted by atomic mass is 9.83. The zero-order chi connectivity index (χ0) is 21.9. The average Bonchev–Trinajstić information content (AvgIpc) is 2.77. The highest BCUT2D eigenvalue weighted by molar-refractivity contribution is 5.85. The maximum Gasteiger partial charge on any atom is 0.150 e. The van der Waals surface area contributed by atoms with Crippen LogP contribution in [0.3, 0.4) is 0 Å². The van der Waals surface area contributed by atoms with Gasteiger partial charge in [0.1, 0.15) is 24.1 Å². The van der Waals surface area contributed by atoms with Gasteiger partial charge in [-0.25, -0.2) is 0 Å². The van der Waals surface area contributed by atoms with Gasteiger partial charge >= 0.3 is 0 Å². The van der Waals surface area contributed by atoms with E-state index in [1.807, 2.05) is 12.1 Å². The summed E-state index contributed by atoms with van der Waals surface area (Å²) in [5.74, 6) is 1.28. The van der Waals surface area contributed by atoms with Crippen LogP contribution in [0.4, 0.5) is 0 Å². The van der Waals surface area contributed by atoms with Crippen LogP contribution >= 0.6 is 0 Å². The molecule has 0 spiro atoms. The third-order valence-corrected chi connectivity index (χ3v) is 5.14. The third-order valence-electron chi connectivity index (χ3n) is 5.14. The predicted octanol–water partition coefficient (Wildman–Crippen LogP) is 5.96. The zero-order valence-corrected chi connectivity index (χ0v) is 18.0. The van der Waals surface area contributed by atoms with Crippen molar-refractivity contribution < 1.29 is 19.1 Å². The first-order valence-corrected chi connectivity index (χ1v) is 9.73. The standard InChI is InChI=1S/C26H26O4/c1-26(2,3)21-13-19(22-8-6-17(15-27)10-24(22)29-4)12-20(14-21)23-9-7-18(16-28)11-25(23)30-5/h6-16H,1-5H3. The van der Waals surface area contributed by atoms with E-state index in [0.717, 1.165) is 40.4 Å². The molecule has 0 radical (unpaired) electrons. The van der Waals surface area contributed by atoms with Gasteiger partial charge in [0.15, 0.2) is 0 Å². The lowest BCUT2D eigenvalue weighted by Crippen LogP contribution is -2.11. The summed E-state index contributed by atoms with van der Waals surface area (Å²) in [5, 5.41) is 0. The largest absolute Gasteiger partial charge is 0.496 e. The van der Waals surface area contributed by atoms with E-state index < -0.39 is 0 Å². The van der Waals surface area contributed by atoms with Crippen molar-refractivity contribution in [2.45, 2.75) is 26.2 Å². The normalized spacial score (nSPS) is 11.1. The van der Waals surface area contributed by atoms with Gasteiger partial charge in [0.2, 0.25) is 0 Å². The third kappa shape index (κ3) is 4.28. The molecule has 154 valence electrons. The molecule has 0 aliphatic carbocycles. The maximum atomic E-state index is 11.2. The van der Waals surface area contributed by atoms with Gasteiger partial charge in [-0.15, -0.1) is 0 Å². The molecule has 0 saturated heterocycles. The van der Waals surface area contributed by atoms with Crippen LogP contribution in [0.5, 0.6) is 11.5 Å². The van der Waals surface area contributed by atoms with Gasteiger partial charge in [-0.05, 0) is 52.4 Å². The minimum Gasteiger partial charge on any atom is -0.496 e. The molecule has 0 atom stereocenters. The molecular weight excluding hydrogens is 376 g/mol. The van der Waals surface area contributed by atoms with E-state index >= 15 is 0 Å². The Labute approximate surface area is 177 Å². The van der Waals surface area contributed by atoms with E-state index in [2.05, 4.69) is 39.0 Å². The molecule has 3 rings (SSSR count). The van der Waals surface area contributed by atoms with Gasteiger partial charge in [0, 0.05) is 22.3 Å². The van der Waals surface area contributed by atoms with Gasteiger partial charge in [0.25, 0.3) is 0 Å². The van der Waals surface area contributed by atoms with Crippen LogP contribution in [0.25, 0.3) is 22.3 Å². The summed E-state index contributed by atoms with van der Waals surface area (Å²) < 4.78 is 11.1. The molecule has 0 N–H and O–H groups in total. The van der Waals surface area contributed by atoms with Crippen molar-refractivity contribution in [2.75, 3.05) is 14.2 Å². The highest BCUT2D eigenvalue weighted by Crippen LogP contribution is 2.39. The van der Waals surface area contributed by atoms with Crippen molar-refractivity contribution in [1.29, 1.82) is 0 Å². The molecule has 0 fully saturated rings. The summed E-state index contributed by atoms with van der Waals surface area (Å²) in [6, 6.07) is 17.2. The van der Waals surface area contributed by atoms with Crippen LogP contribution in [-0.4, -0.2) is 26.8 Å². The summed E-state index contributed by atoms with van der Waals surface area (Å²) in [6.45, 7) is 6.49. The van der Waals surface area contributed by atoms with E-state index in [-0.39, 0.29) is 5.41 Å². The van der Waals surface area contributed by atoms with Crippen molar-refractivity contribution in [1.82, 2.24) is 0 Å². The van der Waals surface area contributed by atoms with Crippen LogP contribution in [0.15, 0.2) is 54.6 Å².